The fraction of sp³-hybridized carbons (Fsp3) is 0.333. The van der Waals surface area contributed by atoms with Crippen molar-refractivity contribution in [1.29, 1.82) is 0 Å². The summed E-state index contributed by atoms with van der Waals surface area (Å²) in [7, 11) is 0. The lowest BCUT2D eigenvalue weighted by molar-refractivity contribution is 0.549. The Bertz CT molecular complexity index is 502. The Balaban J connectivity index is 1.94. The molecule has 17 heavy (non-hydrogen) atoms. The van der Waals surface area contributed by atoms with Gasteiger partial charge in [-0.2, -0.15) is 0 Å². The summed E-state index contributed by atoms with van der Waals surface area (Å²) in [5, 5.41) is 3.54. The van der Waals surface area contributed by atoms with Crippen LogP contribution in [0, 0.1) is 0 Å². The number of aryl methyl sites for hydroxylation is 1. The van der Waals surface area contributed by atoms with Gasteiger partial charge in [0, 0.05) is 11.6 Å². The van der Waals surface area contributed by atoms with Crippen molar-refractivity contribution in [3.8, 4) is 11.1 Å². The van der Waals surface area contributed by atoms with Gasteiger partial charge in [-0.3, -0.25) is 0 Å². The van der Waals surface area contributed by atoms with Gasteiger partial charge in [0.25, 0.3) is 0 Å². The van der Waals surface area contributed by atoms with Crippen molar-refractivity contribution in [2.24, 2.45) is 0 Å². The van der Waals surface area contributed by atoms with Crippen LogP contribution in [0.4, 0.5) is 0 Å². The van der Waals surface area contributed by atoms with Crippen molar-refractivity contribution in [3.63, 3.8) is 0 Å². The molecular weight excluding hydrogens is 210 g/mol. The minimum Gasteiger partial charge on any atom is -0.472 e. The lowest BCUT2D eigenvalue weighted by Crippen LogP contribution is -2.18. The van der Waals surface area contributed by atoms with Gasteiger partial charge in [-0.05, 0) is 42.1 Å². The van der Waals surface area contributed by atoms with Crippen LogP contribution in [0.2, 0.25) is 0 Å². The number of rotatable bonds is 3. The fourth-order valence-corrected chi connectivity index (χ4v) is 2.68. The van der Waals surface area contributed by atoms with Gasteiger partial charge in [-0.1, -0.05) is 25.1 Å². The van der Waals surface area contributed by atoms with Crippen molar-refractivity contribution >= 4 is 0 Å². The van der Waals surface area contributed by atoms with Crippen molar-refractivity contribution in [1.82, 2.24) is 5.32 Å². The molecule has 1 atom stereocenters. The highest BCUT2D eigenvalue weighted by atomic mass is 16.3. The van der Waals surface area contributed by atoms with Crippen LogP contribution in [-0.4, -0.2) is 6.54 Å². The number of furan rings is 1. The highest BCUT2D eigenvalue weighted by Gasteiger charge is 2.21. The molecule has 0 fully saturated rings. The zero-order valence-corrected chi connectivity index (χ0v) is 10.1. The van der Waals surface area contributed by atoms with E-state index in [1.165, 1.54) is 35.1 Å². The van der Waals surface area contributed by atoms with Crippen molar-refractivity contribution in [3.05, 3.63) is 47.9 Å². The molecule has 1 N–H and O–H groups in total. The van der Waals surface area contributed by atoms with Gasteiger partial charge >= 0.3 is 0 Å². The highest BCUT2D eigenvalue weighted by molar-refractivity contribution is 5.64. The Kier molecular flexibility index (Phi) is 2.73. The minimum atomic E-state index is 0.549. The van der Waals surface area contributed by atoms with Gasteiger partial charge < -0.3 is 9.73 Å². The highest BCUT2D eigenvalue weighted by Crippen LogP contribution is 2.34. The molecule has 3 rings (SSSR count). The second kappa shape index (κ2) is 4.38. The molecule has 0 amide bonds. The molecule has 0 spiro atoms. The summed E-state index contributed by atoms with van der Waals surface area (Å²) >= 11 is 0. The van der Waals surface area contributed by atoms with Crippen LogP contribution >= 0.6 is 0 Å². The summed E-state index contributed by atoms with van der Waals surface area (Å²) in [6, 6.07) is 9.32. The van der Waals surface area contributed by atoms with E-state index < -0.39 is 0 Å². The molecule has 2 aromatic rings. The first-order valence-corrected chi connectivity index (χ1v) is 6.27. The fourth-order valence-electron chi connectivity index (χ4n) is 2.68. The Hall–Kier alpha value is -1.54. The summed E-state index contributed by atoms with van der Waals surface area (Å²) in [6.45, 7) is 3.20. The van der Waals surface area contributed by atoms with Crippen LogP contribution in [0.3, 0.4) is 0 Å². The SMILES string of the molecule is CCNC1CCc2cc(-c3ccoc3)ccc21. The molecule has 1 unspecified atom stereocenters. The topological polar surface area (TPSA) is 25.2 Å². The zero-order valence-electron chi connectivity index (χ0n) is 10.1. The largest absolute Gasteiger partial charge is 0.472 e. The van der Waals surface area contributed by atoms with E-state index in [9.17, 15) is 0 Å². The molecule has 0 saturated carbocycles. The maximum atomic E-state index is 5.14. The summed E-state index contributed by atoms with van der Waals surface area (Å²) in [4.78, 5) is 0. The Morgan fingerprint density at radius 1 is 1.29 bits per heavy atom. The quantitative estimate of drug-likeness (QED) is 0.867. The normalized spacial score (nSPS) is 18.3. The molecule has 88 valence electrons. The van der Waals surface area contributed by atoms with E-state index in [4.69, 9.17) is 4.42 Å². The zero-order chi connectivity index (χ0) is 11.7. The van der Waals surface area contributed by atoms with Gasteiger partial charge in [0.15, 0.2) is 0 Å². The van der Waals surface area contributed by atoms with Gasteiger partial charge in [0.05, 0.1) is 12.5 Å². The van der Waals surface area contributed by atoms with Crippen LogP contribution in [0.5, 0.6) is 0 Å². The van der Waals surface area contributed by atoms with Crippen molar-refractivity contribution < 1.29 is 4.42 Å². The van der Waals surface area contributed by atoms with E-state index in [1.807, 2.05) is 6.07 Å². The maximum Gasteiger partial charge on any atom is 0.0980 e. The summed E-state index contributed by atoms with van der Waals surface area (Å²) in [6.07, 6.45) is 5.93. The number of fused-ring (bicyclic) bond motifs is 1. The average molecular weight is 227 g/mol. The number of hydrogen-bond donors (Lipinski definition) is 1. The number of benzene rings is 1. The Labute approximate surface area is 102 Å². The van der Waals surface area contributed by atoms with Gasteiger partial charge in [-0.15, -0.1) is 0 Å². The maximum absolute atomic E-state index is 5.14. The summed E-state index contributed by atoms with van der Waals surface area (Å²) in [5.74, 6) is 0. The average Bonchev–Trinajstić information content (AvgIpc) is 2.98. The van der Waals surface area contributed by atoms with E-state index in [1.54, 1.807) is 12.5 Å². The molecule has 1 aromatic carbocycles. The van der Waals surface area contributed by atoms with Gasteiger partial charge in [0.2, 0.25) is 0 Å². The molecule has 2 heteroatoms. The number of hydrogen-bond acceptors (Lipinski definition) is 2. The molecule has 1 heterocycles. The third kappa shape index (κ3) is 1.89. The molecule has 1 aliphatic carbocycles. The molecule has 0 aliphatic heterocycles. The van der Waals surface area contributed by atoms with E-state index in [0.717, 1.165) is 6.54 Å². The van der Waals surface area contributed by atoms with Crippen molar-refractivity contribution in [2.75, 3.05) is 6.54 Å². The molecule has 0 saturated heterocycles. The Morgan fingerprint density at radius 2 is 2.24 bits per heavy atom. The molecule has 2 nitrogen and oxygen atoms in total. The van der Waals surface area contributed by atoms with E-state index in [2.05, 4.69) is 30.4 Å². The van der Waals surface area contributed by atoms with E-state index in [0.29, 0.717) is 6.04 Å². The predicted molar refractivity (Wildman–Crippen MR) is 68.9 cm³/mol. The van der Waals surface area contributed by atoms with Gasteiger partial charge in [0.1, 0.15) is 0 Å². The second-order valence-corrected chi connectivity index (χ2v) is 4.57. The first-order valence-electron chi connectivity index (χ1n) is 6.27. The molecular formula is C15H17NO. The van der Waals surface area contributed by atoms with Crippen LogP contribution in [0.15, 0.2) is 41.2 Å². The first-order chi connectivity index (χ1) is 8.38. The Morgan fingerprint density at radius 3 is 3.00 bits per heavy atom. The molecule has 0 bridgehead atoms. The molecule has 1 aromatic heterocycles. The first kappa shape index (κ1) is 10.6. The lowest BCUT2D eigenvalue weighted by atomic mass is 10.0. The van der Waals surface area contributed by atoms with Crippen LogP contribution in [0.25, 0.3) is 11.1 Å². The van der Waals surface area contributed by atoms with Gasteiger partial charge in [-0.25, -0.2) is 0 Å². The third-order valence-corrected chi connectivity index (χ3v) is 3.53. The second-order valence-electron chi connectivity index (χ2n) is 4.57. The van der Waals surface area contributed by atoms with E-state index in [-0.39, 0.29) is 0 Å². The minimum absolute atomic E-state index is 0.549. The van der Waals surface area contributed by atoms with Crippen LogP contribution in [0.1, 0.15) is 30.5 Å². The lowest BCUT2D eigenvalue weighted by Gasteiger charge is -2.12. The van der Waals surface area contributed by atoms with Crippen LogP contribution < -0.4 is 5.32 Å². The third-order valence-electron chi connectivity index (χ3n) is 3.53. The standard InChI is InChI=1S/C15H17NO/c1-2-16-15-6-4-12-9-11(3-5-14(12)15)13-7-8-17-10-13/h3,5,7-10,15-16H,2,4,6H2,1H3. The van der Waals surface area contributed by atoms with Crippen LogP contribution in [-0.2, 0) is 6.42 Å². The summed E-state index contributed by atoms with van der Waals surface area (Å²) in [5.41, 5.74) is 5.38. The monoisotopic (exact) mass is 227 g/mol. The summed E-state index contributed by atoms with van der Waals surface area (Å²) < 4.78 is 5.14. The molecule has 0 radical (unpaired) electrons. The predicted octanol–water partition coefficient (Wildman–Crippen LogP) is 3.54. The smallest absolute Gasteiger partial charge is 0.0980 e. The van der Waals surface area contributed by atoms with E-state index >= 15 is 0 Å². The number of nitrogens with one attached hydrogen (secondary N) is 1. The molecule has 1 aliphatic rings. The van der Waals surface area contributed by atoms with Crippen molar-refractivity contribution in [2.45, 2.75) is 25.8 Å².